The Morgan fingerprint density at radius 1 is 1.22 bits per heavy atom. The number of carbonyl (C=O) groups excluding carboxylic acids is 1. The van der Waals surface area contributed by atoms with Crippen molar-refractivity contribution in [3.05, 3.63) is 29.8 Å². The molecule has 2 N–H and O–H groups in total. The first-order valence-corrected chi connectivity index (χ1v) is 9.37. The van der Waals surface area contributed by atoms with E-state index in [0.717, 1.165) is 17.7 Å². The van der Waals surface area contributed by atoms with Crippen LogP contribution in [0.1, 0.15) is 38.2 Å². The van der Waals surface area contributed by atoms with E-state index in [2.05, 4.69) is 17.6 Å². The monoisotopic (exact) mass is 488 g/mol. The van der Waals surface area contributed by atoms with Crippen molar-refractivity contribution in [3.8, 4) is 5.75 Å². The Hall–Kier alpha value is -1.51. The molecule has 0 bridgehead atoms. The molecule has 2 rings (SSSR count). The van der Waals surface area contributed by atoms with Gasteiger partial charge in [-0.2, -0.15) is 0 Å². The zero-order valence-electron chi connectivity index (χ0n) is 16.8. The number of nitrogens with one attached hydrogen (secondary N) is 2. The summed E-state index contributed by atoms with van der Waals surface area (Å²) in [4.78, 5) is 18.2. The number of ether oxygens (including phenoxy) is 1. The molecule has 0 radical (unpaired) electrons. The summed E-state index contributed by atoms with van der Waals surface area (Å²) >= 11 is 0. The second-order valence-electron chi connectivity index (χ2n) is 7.17. The van der Waals surface area contributed by atoms with Gasteiger partial charge in [-0.15, -0.1) is 24.0 Å². The normalized spacial score (nSPS) is 19.6. The minimum absolute atomic E-state index is 0. The summed E-state index contributed by atoms with van der Waals surface area (Å²) in [6, 6.07) is 8.29. The van der Waals surface area contributed by atoms with Crippen molar-refractivity contribution in [1.82, 2.24) is 15.5 Å². The Balaban J connectivity index is 0.00000364. The molecule has 1 aliphatic carbocycles. The van der Waals surface area contributed by atoms with Crippen molar-refractivity contribution < 1.29 is 9.53 Å². The predicted octanol–water partition coefficient (Wildman–Crippen LogP) is 3.02. The van der Waals surface area contributed by atoms with Gasteiger partial charge in [-0.05, 0) is 36.5 Å². The van der Waals surface area contributed by atoms with Crippen molar-refractivity contribution in [2.24, 2.45) is 10.9 Å². The summed E-state index contributed by atoms with van der Waals surface area (Å²) < 4.78 is 5.19. The summed E-state index contributed by atoms with van der Waals surface area (Å²) in [5.41, 5.74) is 1.10. The third kappa shape index (κ3) is 7.94. The average molecular weight is 488 g/mol. The van der Waals surface area contributed by atoms with Gasteiger partial charge in [0.2, 0.25) is 5.91 Å². The minimum Gasteiger partial charge on any atom is -0.497 e. The Kier molecular flexibility index (Phi) is 10.5. The molecule has 7 heteroatoms. The molecule has 1 aromatic rings. The fraction of sp³-hybridized carbons (Fsp3) is 0.600. The minimum atomic E-state index is 0. The summed E-state index contributed by atoms with van der Waals surface area (Å²) in [5.74, 6) is 2.18. The molecule has 6 nitrogen and oxygen atoms in total. The molecule has 1 saturated carbocycles. The van der Waals surface area contributed by atoms with E-state index in [9.17, 15) is 4.79 Å². The van der Waals surface area contributed by atoms with Gasteiger partial charge in [0, 0.05) is 20.1 Å². The van der Waals surface area contributed by atoms with Gasteiger partial charge in [0.1, 0.15) is 5.75 Å². The smallest absolute Gasteiger partial charge is 0.241 e. The quantitative estimate of drug-likeness (QED) is 0.367. The van der Waals surface area contributed by atoms with Crippen molar-refractivity contribution in [3.63, 3.8) is 0 Å². The van der Waals surface area contributed by atoms with E-state index in [1.807, 2.05) is 24.3 Å². The van der Waals surface area contributed by atoms with Crippen LogP contribution in [-0.2, 0) is 11.3 Å². The summed E-state index contributed by atoms with van der Waals surface area (Å²) in [5, 5.41) is 6.72. The SMILES string of the molecule is COc1ccc(CN=C(NCC(=O)N(C)C)NC2CCCCC2C)cc1.I. The van der Waals surface area contributed by atoms with Crippen molar-refractivity contribution >= 4 is 35.8 Å². The Morgan fingerprint density at radius 3 is 2.48 bits per heavy atom. The first kappa shape index (κ1) is 23.5. The first-order valence-electron chi connectivity index (χ1n) is 9.37. The van der Waals surface area contributed by atoms with E-state index in [1.165, 1.54) is 19.3 Å². The molecule has 0 spiro atoms. The molecule has 1 fully saturated rings. The third-order valence-corrected chi connectivity index (χ3v) is 4.92. The molecule has 0 heterocycles. The number of nitrogens with zero attached hydrogens (tertiary/aromatic N) is 2. The fourth-order valence-electron chi connectivity index (χ4n) is 3.08. The van der Waals surface area contributed by atoms with Crippen LogP contribution in [0.2, 0.25) is 0 Å². The standard InChI is InChI=1S/C20H32N4O2.HI/c1-15-7-5-6-8-18(15)23-20(22-14-19(25)24(2)3)21-13-16-9-11-17(26-4)12-10-16;/h9-12,15,18H,5-8,13-14H2,1-4H3,(H2,21,22,23);1H. The lowest BCUT2D eigenvalue weighted by atomic mass is 9.86. The van der Waals surface area contributed by atoms with E-state index < -0.39 is 0 Å². The van der Waals surface area contributed by atoms with Gasteiger partial charge < -0.3 is 20.3 Å². The second kappa shape index (κ2) is 12.0. The fourth-order valence-corrected chi connectivity index (χ4v) is 3.08. The number of benzene rings is 1. The van der Waals surface area contributed by atoms with Crippen LogP contribution in [0.3, 0.4) is 0 Å². The number of carbonyl (C=O) groups is 1. The number of amides is 1. The Labute approximate surface area is 180 Å². The van der Waals surface area contributed by atoms with Gasteiger partial charge in [0.25, 0.3) is 0 Å². The topological polar surface area (TPSA) is 66.0 Å². The highest BCUT2D eigenvalue weighted by atomic mass is 127. The van der Waals surface area contributed by atoms with Crippen LogP contribution in [0.5, 0.6) is 5.75 Å². The highest BCUT2D eigenvalue weighted by Gasteiger charge is 2.22. The summed E-state index contributed by atoms with van der Waals surface area (Å²) in [7, 11) is 5.18. The molecular weight excluding hydrogens is 455 g/mol. The van der Waals surface area contributed by atoms with Crippen LogP contribution in [-0.4, -0.2) is 50.6 Å². The van der Waals surface area contributed by atoms with Crippen LogP contribution < -0.4 is 15.4 Å². The Bertz CT molecular complexity index is 605. The summed E-state index contributed by atoms with van der Waals surface area (Å²) in [6.07, 6.45) is 4.92. The molecule has 0 saturated heterocycles. The number of hydrogen-bond acceptors (Lipinski definition) is 3. The lowest BCUT2D eigenvalue weighted by molar-refractivity contribution is -0.127. The summed E-state index contributed by atoms with van der Waals surface area (Å²) in [6.45, 7) is 3.07. The molecule has 2 atom stereocenters. The van der Waals surface area contributed by atoms with Crippen molar-refractivity contribution in [2.45, 2.75) is 45.2 Å². The molecule has 1 amide bonds. The highest BCUT2D eigenvalue weighted by Crippen LogP contribution is 2.23. The zero-order valence-corrected chi connectivity index (χ0v) is 19.2. The van der Waals surface area contributed by atoms with Gasteiger partial charge in [-0.1, -0.05) is 31.9 Å². The number of hydrogen-bond donors (Lipinski definition) is 2. The number of halogens is 1. The van der Waals surface area contributed by atoms with Crippen molar-refractivity contribution in [1.29, 1.82) is 0 Å². The van der Waals surface area contributed by atoms with Crippen LogP contribution in [0.15, 0.2) is 29.3 Å². The number of rotatable bonds is 6. The van der Waals surface area contributed by atoms with Crippen molar-refractivity contribution in [2.75, 3.05) is 27.7 Å². The van der Waals surface area contributed by atoms with Crippen LogP contribution in [0.4, 0.5) is 0 Å². The molecule has 1 aromatic carbocycles. The van der Waals surface area contributed by atoms with E-state index >= 15 is 0 Å². The van der Waals surface area contributed by atoms with Gasteiger partial charge in [-0.3, -0.25) is 4.79 Å². The van der Waals surface area contributed by atoms with E-state index in [1.54, 1.807) is 26.1 Å². The van der Waals surface area contributed by atoms with Crippen LogP contribution >= 0.6 is 24.0 Å². The molecule has 27 heavy (non-hydrogen) atoms. The lowest BCUT2D eigenvalue weighted by Gasteiger charge is -2.31. The van der Waals surface area contributed by atoms with Gasteiger partial charge in [-0.25, -0.2) is 4.99 Å². The highest BCUT2D eigenvalue weighted by molar-refractivity contribution is 14.0. The van der Waals surface area contributed by atoms with Crippen LogP contribution in [0.25, 0.3) is 0 Å². The maximum Gasteiger partial charge on any atom is 0.241 e. The number of methoxy groups -OCH3 is 1. The molecule has 1 aliphatic rings. The number of aliphatic imine (C=N–C) groups is 1. The Morgan fingerprint density at radius 2 is 1.89 bits per heavy atom. The van der Waals surface area contributed by atoms with E-state index in [0.29, 0.717) is 24.5 Å². The predicted molar refractivity (Wildman–Crippen MR) is 121 cm³/mol. The largest absolute Gasteiger partial charge is 0.497 e. The number of guanidine groups is 1. The van der Waals surface area contributed by atoms with Crippen LogP contribution in [0, 0.1) is 5.92 Å². The second-order valence-corrected chi connectivity index (χ2v) is 7.17. The van der Waals surface area contributed by atoms with Gasteiger partial charge >= 0.3 is 0 Å². The average Bonchev–Trinajstić information content (AvgIpc) is 2.65. The molecule has 0 aliphatic heterocycles. The first-order chi connectivity index (χ1) is 12.5. The molecule has 2 unspecified atom stereocenters. The van der Waals surface area contributed by atoms with E-state index in [-0.39, 0.29) is 36.4 Å². The maximum atomic E-state index is 11.9. The van der Waals surface area contributed by atoms with Gasteiger partial charge in [0.15, 0.2) is 5.96 Å². The maximum absolute atomic E-state index is 11.9. The molecular formula is C20H33IN4O2. The van der Waals surface area contributed by atoms with Gasteiger partial charge in [0.05, 0.1) is 20.2 Å². The van der Waals surface area contributed by atoms with E-state index in [4.69, 9.17) is 9.73 Å². The zero-order chi connectivity index (χ0) is 18.9. The molecule has 0 aromatic heterocycles. The third-order valence-electron chi connectivity index (χ3n) is 4.92. The lowest BCUT2D eigenvalue weighted by Crippen LogP contribution is -2.49. The molecule has 152 valence electrons. The number of likely N-dealkylation sites (N-methyl/N-ethyl adjacent to an activating group) is 1.